The zero-order valence-electron chi connectivity index (χ0n) is 9.64. The van der Waals surface area contributed by atoms with Gasteiger partial charge in [0, 0.05) is 17.4 Å². The van der Waals surface area contributed by atoms with Gasteiger partial charge in [-0.2, -0.15) is 0 Å². The maximum Gasteiger partial charge on any atom is 0.351 e. The molecule has 2 aromatic rings. The smallest absolute Gasteiger partial charge is 0.326 e. The van der Waals surface area contributed by atoms with Gasteiger partial charge in [-0.1, -0.05) is 0 Å². The maximum absolute atomic E-state index is 12.0. The van der Waals surface area contributed by atoms with Crippen LogP contribution in [0.4, 0.5) is 0 Å². The largest absolute Gasteiger partial charge is 0.351 e. The minimum absolute atomic E-state index is 0.107. The van der Waals surface area contributed by atoms with Crippen LogP contribution < -0.4 is 11.4 Å². The Morgan fingerprint density at radius 2 is 2.19 bits per heavy atom. The van der Waals surface area contributed by atoms with Crippen molar-refractivity contribution < 1.29 is 0 Å². The van der Waals surface area contributed by atoms with Crippen molar-refractivity contribution in [2.75, 3.05) is 0 Å². The van der Waals surface area contributed by atoms with Gasteiger partial charge in [-0.15, -0.1) is 5.10 Å². The standard InChI is InChI=1S/C10H15N5O/c1-6(11)5-14-10(16)15-8(3)4-7(2)12-9(15)13-14/h4,6H,5,11H2,1-3H3. The zero-order valence-corrected chi connectivity index (χ0v) is 9.64. The molecule has 2 aromatic heterocycles. The van der Waals surface area contributed by atoms with Crippen LogP contribution in [0.1, 0.15) is 18.3 Å². The van der Waals surface area contributed by atoms with E-state index in [1.54, 1.807) is 0 Å². The van der Waals surface area contributed by atoms with Crippen LogP contribution in [0, 0.1) is 13.8 Å². The van der Waals surface area contributed by atoms with E-state index in [-0.39, 0.29) is 11.7 Å². The van der Waals surface area contributed by atoms with Gasteiger partial charge in [-0.25, -0.2) is 18.9 Å². The molecule has 0 aromatic carbocycles. The van der Waals surface area contributed by atoms with E-state index in [0.29, 0.717) is 12.3 Å². The van der Waals surface area contributed by atoms with E-state index < -0.39 is 0 Å². The van der Waals surface area contributed by atoms with Gasteiger partial charge in [0.15, 0.2) is 0 Å². The minimum atomic E-state index is -0.183. The van der Waals surface area contributed by atoms with Crippen molar-refractivity contribution in [1.82, 2.24) is 19.2 Å². The molecule has 0 saturated carbocycles. The molecule has 0 bridgehead atoms. The molecule has 16 heavy (non-hydrogen) atoms. The van der Waals surface area contributed by atoms with Gasteiger partial charge in [0.05, 0.1) is 6.54 Å². The third-order valence-corrected chi connectivity index (χ3v) is 2.33. The topological polar surface area (TPSA) is 78.2 Å². The SMILES string of the molecule is Cc1cc(C)n2c(=O)n(CC(C)N)nc2n1. The molecular weight excluding hydrogens is 206 g/mol. The second-order valence-electron chi connectivity index (χ2n) is 4.12. The lowest BCUT2D eigenvalue weighted by molar-refractivity contribution is 0.523. The van der Waals surface area contributed by atoms with Crippen LogP contribution >= 0.6 is 0 Å². The van der Waals surface area contributed by atoms with Crippen molar-refractivity contribution >= 4 is 5.78 Å². The Morgan fingerprint density at radius 3 is 2.81 bits per heavy atom. The first-order valence-corrected chi connectivity index (χ1v) is 5.18. The lowest BCUT2D eigenvalue weighted by Gasteiger charge is -2.01. The third kappa shape index (κ3) is 1.71. The Balaban J connectivity index is 2.68. The van der Waals surface area contributed by atoms with E-state index >= 15 is 0 Å². The normalized spacial score (nSPS) is 13.2. The highest BCUT2D eigenvalue weighted by atomic mass is 16.2. The van der Waals surface area contributed by atoms with Gasteiger partial charge in [0.1, 0.15) is 0 Å². The highest BCUT2D eigenvalue weighted by Gasteiger charge is 2.11. The van der Waals surface area contributed by atoms with Crippen LogP contribution in [0.5, 0.6) is 0 Å². The Kier molecular flexibility index (Phi) is 2.51. The number of nitrogens with two attached hydrogens (primary N) is 1. The van der Waals surface area contributed by atoms with Crippen molar-refractivity contribution in [2.24, 2.45) is 5.73 Å². The van der Waals surface area contributed by atoms with Gasteiger partial charge >= 0.3 is 5.69 Å². The molecular formula is C10H15N5O. The fourth-order valence-electron chi connectivity index (χ4n) is 1.73. The average Bonchev–Trinajstić information content (AvgIpc) is 2.41. The third-order valence-electron chi connectivity index (χ3n) is 2.33. The second kappa shape index (κ2) is 3.71. The highest BCUT2D eigenvalue weighted by Crippen LogP contribution is 2.02. The van der Waals surface area contributed by atoms with Crippen molar-refractivity contribution in [3.05, 3.63) is 27.9 Å². The molecule has 0 spiro atoms. The number of aryl methyl sites for hydroxylation is 2. The molecule has 2 rings (SSSR count). The van der Waals surface area contributed by atoms with Gasteiger partial charge in [0.2, 0.25) is 0 Å². The lowest BCUT2D eigenvalue weighted by atomic mass is 10.3. The van der Waals surface area contributed by atoms with Crippen LogP contribution in [0.25, 0.3) is 5.78 Å². The number of hydrogen-bond donors (Lipinski definition) is 1. The van der Waals surface area contributed by atoms with Crippen LogP contribution in [0.3, 0.4) is 0 Å². The predicted molar refractivity (Wildman–Crippen MR) is 60.4 cm³/mol. The van der Waals surface area contributed by atoms with E-state index in [1.807, 2.05) is 26.8 Å². The molecule has 6 heteroatoms. The van der Waals surface area contributed by atoms with Crippen LogP contribution in [-0.2, 0) is 6.54 Å². The summed E-state index contributed by atoms with van der Waals surface area (Å²) in [6.45, 7) is 5.98. The highest BCUT2D eigenvalue weighted by molar-refractivity contribution is 5.30. The lowest BCUT2D eigenvalue weighted by Crippen LogP contribution is -2.30. The Bertz CT molecular complexity index is 581. The van der Waals surface area contributed by atoms with Crippen LogP contribution in [0.15, 0.2) is 10.9 Å². The summed E-state index contributed by atoms with van der Waals surface area (Å²) < 4.78 is 2.86. The first kappa shape index (κ1) is 10.8. The summed E-state index contributed by atoms with van der Waals surface area (Å²) in [7, 11) is 0. The summed E-state index contributed by atoms with van der Waals surface area (Å²) in [6.07, 6.45) is 0. The van der Waals surface area contributed by atoms with E-state index in [1.165, 1.54) is 9.08 Å². The average molecular weight is 221 g/mol. The zero-order chi connectivity index (χ0) is 11.9. The first-order valence-electron chi connectivity index (χ1n) is 5.18. The summed E-state index contributed by atoms with van der Waals surface area (Å²) in [5.74, 6) is 0.433. The summed E-state index contributed by atoms with van der Waals surface area (Å²) in [4.78, 5) is 16.2. The predicted octanol–water partition coefficient (Wildman–Crippen LogP) is -0.145. The minimum Gasteiger partial charge on any atom is -0.326 e. The number of hydrogen-bond acceptors (Lipinski definition) is 4. The molecule has 0 radical (unpaired) electrons. The molecule has 86 valence electrons. The molecule has 1 atom stereocenters. The molecule has 2 heterocycles. The number of rotatable bonds is 2. The van der Waals surface area contributed by atoms with Gasteiger partial charge in [-0.3, -0.25) is 0 Å². The molecule has 0 amide bonds. The quantitative estimate of drug-likeness (QED) is 0.765. The summed E-state index contributed by atoms with van der Waals surface area (Å²) in [5, 5.41) is 4.15. The first-order chi connectivity index (χ1) is 7.49. The van der Waals surface area contributed by atoms with Gasteiger partial charge in [0.25, 0.3) is 5.78 Å². The Labute approximate surface area is 92.7 Å². The van der Waals surface area contributed by atoms with E-state index in [9.17, 15) is 4.79 Å². The fraction of sp³-hybridized carbons (Fsp3) is 0.500. The summed E-state index contributed by atoms with van der Waals surface area (Å²) in [6, 6.07) is 1.75. The van der Waals surface area contributed by atoms with Crippen molar-refractivity contribution in [3.63, 3.8) is 0 Å². The number of fused-ring (bicyclic) bond motifs is 1. The van der Waals surface area contributed by atoms with Gasteiger partial charge < -0.3 is 5.73 Å². The molecule has 0 aliphatic rings. The molecule has 1 unspecified atom stereocenters. The van der Waals surface area contributed by atoms with Crippen molar-refractivity contribution in [3.8, 4) is 0 Å². The van der Waals surface area contributed by atoms with Crippen molar-refractivity contribution in [2.45, 2.75) is 33.4 Å². The molecule has 0 aliphatic heterocycles. The Hall–Kier alpha value is -1.69. The number of nitrogens with zero attached hydrogens (tertiary/aromatic N) is 4. The van der Waals surface area contributed by atoms with Crippen molar-refractivity contribution in [1.29, 1.82) is 0 Å². The maximum atomic E-state index is 12.0. The van der Waals surface area contributed by atoms with Gasteiger partial charge in [-0.05, 0) is 26.8 Å². The Morgan fingerprint density at radius 1 is 1.50 bits per heavy atom. The van der Waals surface area contributed by atoms with E-state index in [0.717, 1.165) is 11.4 Å². The molecule has 2 N–H and O–H groups in total. The van der Waals surface area contributed by atoms with E-state index in [4.69, 9.17) is 5.73 Å². The fourth-order valence-corrected chi connectivity index (χ4v) is 1.73. The summed E-state index contributed by atoms with van der Waals surface area (Å²) in [5.41, 5.74) is 7.16. The second-order valence-corrected chi connectivity index (χ2v) is 4.12. The van der Waals surface area contributed by atoms with E-state index in [2.05, 4.69) is 10.1 Å². The molecule has 0 aliphatic carbocycles. The van der Waals surface area contributed by atoms with Crippen LogP contribution in [0.2, 0.25) is 0 Å². The van der Waals surface area contributed by atoms with Crippen LogP contribution in [-0.4, -0.2) is 25.2 Å². The molecule has 0 fully saturated rings. The number of aromatic nitrogens is 4. The molecule has 0 saturated heterocycles. The monoisotopic (exact) mass is 221 g/mol. The summed E-state index contributed by atoms with van der Waals surface area (Å²) >= 11 is 0. The molecule has 6 nitrogen and oxygen atoms in total.